The third kappa shape index (κ3) is 6.26. The maximum absolute atomic E-state index is 12.7. The molecule has 0 saturated carbocycles. The summed E-state index contributed by atoms with van der Waals surface area (Å²) in [6.07, 6.45) is -3.22. The molecule has 2 heterocycles. The maximum atomic E-state index is 12.7. The number of nitrogens with one attached hydrogen (secondary N) is 1. The van der Waals surface area contributed by atoms with E-state index < -0.39 is 21.8 Å². The van der Waals surface area contributed by atoms with Crippen LogP contribution in [0.5, 0.6) is 5.75 Å². The van der Waals surface area contributed by atoms with E-state index in [1.807, 2.05) is 29.2 Å². The van der Waals surface area contributed by atoms with Gasteiger partial charge < -0.3 is 14.5 Å². The van der Waals surface area contributed by atoms with Gasteiger partial charge in [0.25, 0.3) is 10.0 Å². The van der Waals surface area contributed by atoms with Gasteiger partial charge >= 0.3 is 6.18 Å². The molecule has 0 amide bonds. The molecular formula is C23H23Cl2F3N4O3S. The maximum Gasteiger partial charge on any atom is 0.416 e. The molecule has 0 spiro atoms. The minimum absolute atomic E-state index is 0. The Morgan fingerprint density at radius 3 is 2.22 bits per heavy atom. The zero-order chi connectivity index (χ0) is 25.2. The van der Waals surface area contributed by atoms with Crippen molar-refractivity contribution in [2.75, 3.05) is 47.8 Å². The van der Waals surface area contributed by atoms with Crippen LogP contribution in [0.3, 0.4) is 0 Å². The van der Waals surface area contributed by atoms with Gasteiger partial charge in [-0.05, 0) is 42.5 Å². The van der Waals surface area contributed by atoms with Crippen molar-refractivity contribution in [2.24, 2.45) is 0 Å². The summed E-state index contributed by atoms with van der Waals surface area (Å²) in [5, 5.41) is 0.257. The third-order valence-electron chi connectivity index (χ3n) is 5.56. The smallest absolute Gasteiger partial charge is 0.416 e. The lowest BCUT2D eigenvalue weighted by Crippen LogP contribution is -2.47. The number of anilines is 3. The summed E-state index contributed by atoms with van der Waals surface area (Å²) in [7, 11) is -2.50. The Morgan fingerprint density at radius 1 is 1.00 bits per heavy atom. The van der Waals surface area contributed by atoms with Crippen LogP contribution in [0.25, 0.3) is 0 Å². The summed E-state index contributed by atoms with van der Waals surface area (Å²) >= 11 is 6.41. The molecule has 2 aromatic carbocycles. The van der Waals surface area contributed by atoms with E-state index in [1.54, 1.807) is 7.11 Å². The standard InChI is InChI=1S/C23H22ClF3N4O3S.ClH/c1-34-19-4-2-3-18(14-19)30-9-11-31(12-10-30)22-21(24)13-17(15-28-22)29-35(32,33)20-7-5-16(6-8-20)23(25,26)27;/h2-8,13-15,29H,9-12H2,1H3;1H. The van der Waals surface area contributed by atoms with E-state index >= 15 is 0 Å². The molecule has 3 aromatic rings. The van der Waals surface area contributed by atoms with Gasteiger partial charge in [-0.2, -0.15) is 13.2 Å². The number of pyridine rings is 1. The van der Waals surface area contributed by atoms with E-state index in [1.165, 1.54) is 12.3 Å². The van der Waals surface area contributed by atoms with Crippen LogP contribution in [0.1, 0.15) is 5.56 Å². The highest BCUT2D eigenvalue weighted by molar-refractivity contribution is 7.92. The number of piperazine rings is 1. The molecule has 36 heavy (non-hydrogen) atoms. The molecule has 1 fully saturated rings. The molecule has 4 rings (SSSR count). The zero-order valence-corrected chi connectivity index (χ0v) is 21.4. The van der Waals surface area contributed by atoms with Crippen LogP contribution >= 0.6 is 24.0 Å². The van der Waals surface area contributed by atoms with Gasteiger partial charge in [0.2, 0.25) is 0 Å². The normalized spacial score (nSPS) is 14.2. The van der Waals surface area contributed by atoms with Crippen molar-refractivity contribution in [3.05, 3.63) is 71.4 Å². The highest BCUT2D eigenvalue weighted by Gasteiger charge is 2.30. The second-order valence-corrected chi connectivity index (χ2v) is 9.92. The van der Waals surface area contributed by atoms with E-state index in [-0.39, 0.29) is 28.0 Å². The molecule has 7 nitrogen and oxygen atoms in total. The highest BCUT2D eigenvalue weighted by Crippen LogP contribution is 2.31. The molecule has 1 saturated heterocycles. The van der Waals surface area contributed by atoms with Gasteiger partial charge in [-0.1, -0.05) is 17.7 Å². The summed E-state index contributed by atoms with van der Waals surface area (Å²) in [5.74, 6) is 1.30. The van der Waals surface area contributed by atoms with Gasteiger partial charge in [-0.3, -0.25) is 4.72 Å². The van der Waals surface area contributed by atoms with Crippen molar-refractivity contribution in [2.45, 2.75) is 11.1 Å². The molecule has 1 N–H and O–H groups in total. The van der Waals surface area contributed by atoms with Crippen LogP contribution in [0.4, 0.5) is 30.4 Å². The summed E-state index contributed by atoms with van der Waals surface area (Å²) in [6.45, 7) is 2.77. The Balaban J connectivity index is 0.00000361. The molecule has 1 aliphatic heterocycles. The topological polar surface area (TPSA) is 74.8 Å². The van der Waals surface area contributed by atoms with E-state index in [2.05, 4.69) is 14.6 Å². The number of nitrogens with zero attached hydrogens (tertiary/aromatic N) is 3. The molecule has 0 unspecified atom stereocenters. The average molecular weight is 563 g/mol. The molecule has 0 radical (unpaired) electrons. The molecule has 0 atom stereocenters. The van der Waals surface area contributed by atoms with Gasteiger partial charge in [0, 0.05) is 37.9 Å². The molecular weight excluding hydrogens is 540 g/mol. The molecule has 1 aromatic heterocycles. The van der Waals surface area contributed by atoms with Crippen molar-refractivity contribution < 1.29 is 26.3 Å². The first kappa shape index (κ1) is 27.7. The first-order chi connectivity index (χ1) is 16.6. The monoisotopic (exact) mass is 562 g/mol. The Kier molecular flexibility index (Phi) is 8.48. The number of alkyl halides is 3. The van der Waals surface area contributed by atoms with Crippen LogP contribution in [-0.4, -0.2) is 46.7 Å². The summed E-state index contributed by atoms with van der Waals surface area (Å²) < 4.78 is 71.0. The van der Waals surface area contributed by atoms with Gasteiger partial charge in [-0.25, -0.2) is 13.4 Å². The van der Waals surface area contributed by atoms with E-state index in [9.17, 15) is 21.6 Å². The predicted octanol–water partition coefficient (Wildman–Crippen LogP) is 5.31. The molecule has 0 aliphatic carbocycles. The quantitative estimate of drug-likeness (QED) is 0.438. The van der Waals surface area contributed by atoms with Gasteiger partial charge in [0.1, 0.15) is 11.6 Å². The predicted molar refractivity (Wildman–Crippen MR) is 136 cm³/mol. The summed E-state index contributed by atoms with van der Waals surface area (Å²) in [6, 6.07) is 12.5. The minimum atomic E-state index is -4.55. The Labute approximate surface area is 218 Å². The molecule has 194 valence electrons. The zero-order valence-electron chi connectivity index (χ0n) is 19.0. The average Bonchev–Trinajstić information content (AvgIpc) is 2.84. The number of aromatic nitrogens is 1. The van der Waals surface area contributed by atoms with Crippen LogP contribution in [0, 0.1) is 0 Å². The molecule has 0 bridgehead atoms. The number of benzene rings is 2. The third-order valence-corrected chi connectivity index (χ3v) is 7.24. The first-order valence-electron chi connectivity index (χ1n) is 10.6. The fraction of sp³-hybridized carbons (Fsp3) is 0.261. The Morgan fingerprint density at radius 2 is 1.64 bits per heavy atom. The van der Waals surface area contributed by atoms with Crippen molar-refractivity contribution in [3.8, 4) is 5.75 Å². The SMILES string of the molecule is COc1cccc(N2CCN(c3ncc(NS(=O)(=O)c4ccc(C(F)(F)F)cc4)cc3Cl)CC2)c1.Cl. The Bertz CT molecular complexity index is 1300. The number of methoxy groups -OCH3 is 1. The number of sulfonamides is 1. The molecule has 1 aliphatic rings. The molecule has 13 heteroatoms. The van der Waals surface area contributed by atoms with E-state index in [0.717, 1.165) is 36.7 Å². The number of hydrogen-bond acceptors (Lipinski definition) is 6. The highest BCUT2D eigenvalue weighted by atomic mass is 35.5. The largest absolute Gasteiger partial charge is 0.497 e. The van der Waals surface area contributed by atoms with Crippen LogP contribution in [0.15, 0.2) is 65.7 Å². The van der Waals surface area contributed by atoms with Gasteiger partial charge in [0.05, 0.1) is 34.5 Å². The number of rotatable bonds is 6. The fourth-order valence-electron chi connectivity index (χ4n) is 3.74. The lowest BCUT2D eigenvalue weighted by molar-refractivity contribution is -0.137. The van der Waals surface area contributed by atoms with E-state index in [4.69, 9.17) is 16.3 Å². The summed E-state index contributed by atoms with van der Waals surface area (Å²) in [4.78, 5) is 8.25. The number of halogens is 5. The second-order valence-electron chi connectivity index (χ2n) is 7.83. The second kappa shape index (κ2) is 11.0. The minimum Gasteiger partial charge on any atom is -0.497 e. The van der Waals surface area contributed by atoms with Crippen LogP contribution in [-0.2, 0) is 16.2 Å². The lowest BCUT2D eigenvalue weighted by Gasteiger charge is -2.37. The van der Waals surface area contributed by atoms with E-state index in [0.29, 0.717) is 31.0 Å². The first-order valence-corrected chi connectivity index (χ1v) is 12.4. The number of hydrogen-bond donors (Lipinski definition) is 1. The lowest BCUT2D eigenvalue weighted by atomic mass is 10.2. The van der Waals surface area contributed by atoms with Crippen molar-refractivity contribution in [3.63, 3.8) is 0 Å². The van der Waals surface area contributed by atoms with Gasteiger partial charge in [-0.15, -0.1) is 12.4 Å². The fourth-order valence-corrected chi connectivity index (χ4v) is 5.06. The number of ether oxygens (including phenoxy) is 1. The summed E-state index contributed by atoms with van der Waals surface area (Å²) in [5.41, 5.74) is 0.224. The van der Waals surface area contributed by atoms with Crippen molar-refractivity contribution >= 4 is 51.2 Å². The van der Waals surface area contributed by atoms with Crippen molar-refractivity contribution in [1.82, 2.24) is 4.98 Å². The van der Waals surface area contributed by atoms with Crippen molar-refractivity contribution in [1.29, 1.82) is 0 Å². The van der Waals surface area contributed by atoms with Gasteiger partial charge in [0.15, 0.2) is 0 Å². The van der Waals surface area contributed by atoms with Crippen LogP contribution < -0.4 is 19.3 Å². The Hall–Kier alpha value is -2.89. The van der Waals surface area contributed by atoms with Crippen LogP contribution in [0.2, 0.25) is 5.02 Å².